The normalized spacial score (nSPS) is 15.9. The van der Waals surface area contributed by atoms with Gasteiger partial charge >= 0.3 is 0 Å². The van der Waals surface area contributed by atoms with Gasteiger partial charge in [-0.25, -0.2) is 0 Å². The lowest BCUT2D eigenvalue weighted by molar-refractivity contribution is -0.121. The van der Waals surface area contributed by atoms with Crippen LogP contribution in [-0.4, -0.2) is 23.9 Å². The summed E-state index contributed by atoms with van der Waals surface area (Å²) < 4.78 is 0. The summed E-state index contributed by atoms with van der Waals surface area (Å²) in [6.07, 6.45) is 2.83. The largest absolute Gasteiger partial charge is 0.326 e. The predicted molar refractivity (Wildman–Crippen MR) is 104 cm³/mol. The highest BCUT2D eigenvalue weighted by Crippen LogP contribution is 2.21. The molecule has 3 rings (SSSR count). The Balaban J connectivity index is 1.47. The Bertz CT molecular complexity index is 689. The Kier molecular flexibility index (Phi) is 6.11. The van der Waals surface area contributed by atoms with E-state index in [4.69, 9.17) is 11.6 Å². The van der Waals surface area contributed by atoms with E-state index in [1.165, 1.54) is 11.1 Å². The number of carbonyl (C=O) groups is 1. The van der Waals surface area contributed by atoms with Gasteiger partial charge in [-0.15, -0.1) is 0 Å². The fraction of sp³-hybridized carbons (Fsp3) is 0.381. The van der Waals surface area contributed by atoms with E-state index in [1.54, 1.807) is 0 Å². The second kappa shape index (κ2) is 8.50. The Morgan fingerprint density at radius 2 is 1.64 bits per heavy atom. The number of hydrogen-bond donors (Lipinski definition) is 1. The summed E-state index contributed by atoms with van der Waals surface area (Å²) in [5.74, 6) is 0.253. The molecule has 1 amide bonds. The highest BCUT2D eigenvalue weighted by Gasteiger charge is 2.25. The number of hydrogen-bond acceptors (Lipinski definition) is 2. The number of nitrogens with one attached hydrogen (secondary N) is 1. The van der Waals surface area contributed by atoms with Crippen molar-refractivity contribution in [2.45, 2.75) is 32.7 Å². The van der Waals surface area contributed by atoms with Gasteiger partial charge < -0.3 is 5.32 Å². The number of likely N-dealkylation sites (tertiary alicyclic amines) is 1. The van der Waals surface area contributed by atoms with Crippen LogP contribution in [0.25, 0.3) is 0 Å². The van der Waals surface area contributed by atoms with Crippen LogP contribution in [0.4, 0.5) is 5.69 Å². The average Bonchev–Trinajstić information content (AvgIpc) is 2.65. The number of nitrogens with zero attached hydrogens (tertiary/aromatic N) is 1. The predicted octanol–water partition coefficient (Wildman–Crippen LogP) is 4.75. The van der Waals surface area contributed by atoms with Crippen molar-refractivity contribution in [2.24, 2.45) is 5.92 Å². The van der Waals surface area contributed by atoms with E-state index in [1.807, 2.05) is 24.3 Å². The Labute approximate surface area is 155 Å². The molecule has 0 atom stereocenters. The van der Waals surface area contributed by atoms with Crippen molar-refractivity contribution >= 4 is 23.2 Å². The number of carbonyl (C=O) groups excluding carboxylic acids is 1. The maximum Gasteiger partial charge on any atom is 0.227 e. The van der Waals surface area contributed by atoms with E-state index in [2.05, 4.69) is 41.4 Å². The van der Waals surface area contributed by atoms with Crippen LogP contribution < -0.4 is 5.32 Å². The summed E-state index contributed by atoms with van der Waals surface area (Å²) in [4.78, 5) is 14.9. The van der Waals surface area contributed by atoms with Gasteiger partial charge in [0.05, 0.1) is 0 Å². The molecule has 0 aromatic heterocycles. The van der Waals surface area contributed by atoms with Gasteiger partial charge in [-0.05, 0) is 67.7 Å². The SMILES string of the molecule is CCc1ccc(NC(=O)C2CCN(Cc3ccc(Cl)cc3)CC2)cc1. The highest BCUT2D eigenvalue weighted by molar-refractivity contribution is 6.30. The van der Waals surface area contributed by atoms with Gasteiger partial charge in [0.25, 0.3) is 0 Å². The number of rotatable bonds is 5. The third-order valence-electron chi connectivity index (χ3n) is 4.91. The number of piperidine rings is 1. The standard InChI is InChI=1S/C21H25ClN2O/c1-2-16-5-9-20(10-6-16)23-21(25)18-11-13-24(14-12-18)15-17-3-7-19(22)8-4-17/h3-10,18H,2,11-15H2,1H3,(H,23,25). The van der Waals surface area contributed by atoms with Gasteiger partial charge in [-0.3, -0.25) is 9.69 Å². The van der Waals surface area contributed by atoms with E-state index in [0.717, 1.165) is 49.6 Å². The van der Waals surface area contributed by atoms with Crippen molar-refractivity contribution in [2.75, 3.05) is 18.4 Å². The molecule has 2 aromatic rings. The van der Waals surface area contributed by atoms with Crippen molar-refractivity contribution in [3.05, 3.63) is 64.7 Å². The molecule has 0 bridgehead atoms. The van der Waals surface area contributed by atoms with Crippen molar-refractivity contribution in [1.82, 2.24) is 4.90 Å². The molecule has 25 heavy (non-hydrogen) atoms. The molecule has 1 fully saturated rings. The van der Waals surface area contributed by atoms with E-state index < -0.39 is 0 Å². The lowest BCUT2D eigenvalue weighted by Crippen LogP contribution is -2.37. The van der Waals surface area contributed by atoms with E-state index in [-0.39, 0.29) is 11.8 Å². The number of amides is 1. The minimum Gasteiger partial charge on any atom is -0.326 e. The van der Waals surface area contributed by atoms with Crippen LogP contribution in [0.1, 0.15) is 30.9 Å². The van der Waals surface area contributed by atoms with Gasteiger partial charge in [-0.2, -0.15) is 0 Å². The lowest BCUT2D eigenvalue weighted by Gasteiger charge is -2.31. The minimum absolute atomic E-state index is 0.104. The number of anilines is 1. The number of benzene rings is 2. The topological polar surface area (TPSA) is 32.3 Å². The fourth-order valence-electron chi connectivity index (χ4n) is 3.27. The molecular weight excluding hydrogens is 332 g/mol. The van der Waals surface area contributed by atoms with Crippen LogP contribution in [-0.2, 0) is 17.8 Å². The second-order valence-electron chi connectivity index (χ2n) is 6.72. The van der Waals surface area contributed by atoms with Gasteiger partial charge in [-0.1, -0.05) is 42.8 Å². The Morgan fingerprint density at radius 3 is 2.24 bits per heavy atom. The molecule has 0 unspecified atom stereocenters. The maximum absolute atomic E-state index is 12.5. The van der Waals surface area contributed by atoms with Crippen molar-refractivity contribution in [3.63, 3.8) is 0 Å². The molecule has 0 spiro atoms. The van der Waals surface area contributed by atoms with E-state index in [0.29, 0.717) is 0 Å². The molecule has 4 heteroatoms. The second-order valence-corrected chi connectivity index (χ2v) is 7.15. The zero-order valence-corrected chi connectivity index (χ0v) is 15.4. The fourth-order valence-corrected chi connectivity index (χ4v) is 3.40. The first-order valence-corrected chi connectivity index (χ1v) is 9.38. The molecule has 1 heterocycles. The average molecular weight is 357 g/mol. The monoisotopic (exact) mass is 356 g/mol. The first kappa shape index (κ1) is 18.0. The summed E-state index contributed by atoms with van der Waals surface area (Å²) >= 11 is 5.93. The van der Waals surface area contributed by atoms with Crippen molar-refractivity contribution in [1.29, 1.82) is 0 Å². The molecule has 0 saturated carbocycles. The summed E-state index contributed by atoms with van der Waals surface area (Å²) in [7, 11) is 0. The molecule has 2 aromatic carbocycles. The van der Waals surface area contributed by atoms with Crippen LogP contribution in [0.15, 0.2) is 48.5 Å². The third kappa shape index (κ3) is 5.07. The summed E-state index contributed by atoms with van der Waals surface area (Å²) in [6.45, 7) is 4.96. The van der Waals surface area contributed by atoms with Crippen molar-refractivity contribution in [3.8, 4) is 0 Å². The van der Waals surface area contributed by atoms with Crippen LogP contribution >= 0.6 is 11.6 Å². The summed E-state index contributed by atoms with van der Waals surface area (Å²) in [5.41, 5.74) is 3.45. The molecule has 0 aliphatic carbocycles. The zero-order valence-electron chi connectivity index (χ0n) is 14.7. The summed E-state index contributed by atoms with van der Waals surface area (Å²) in [6, 6.07) is 16.1. The number of aryl methyl sites for hydroxylation is 1. The Hall–Kier alpha value is -1.84. The van der Waals surface area contributed by atoms with Gasteiger partial charge in [0.15, 0.2) is 0 Å². The van der Waals surface area contributed by atoms with Crippen LogP contribution in [0.3, 0.4) is 0 Å². The molecule has 1 saturated heterocycles. The van der Waals surface area contributed by atoms with Crippen LogP contribution in [0.2, 0.25) is 5.02 Å². The van der Waals surface area contributed by atoms with Gasteiger partial charge in [0, 0.05) is 23.2 Å². The first-order chi connectivity index (χ1) is 12.1. The molecule has 1 aliphatic rings. The van der Waals surface area contributed by atoms with E-state index in [9.17, 15) is 4.79 Å². The molecule has 1 N–H and O–H groups in total. The quantitative estimate of drug-likeness (QED) is 0.838. The van der Waals surface area contributed by atoms with Crippen LogP contribution in [0, 0.1) is 5.92 Å². The number of halogens is 1. The molecule has 132 valence electrons. The maximum atomic E-state index is 12.5. The highest BCUT2D eigenvalue weighted by atomic mass is 35.5. The smallest absolute Gasteiger partial charge is 0.227 e. The first-order valence-electron chi connectivity index (χ1n) is 9.00. The minimum atomic E-state index is 0.104. The van der Waals surface area contributed by atoms with E-state index >= 15 is 0 Å². The van der Waals surface area contributed by atoms with Gasteiger partial charge in [0.2, 0.25) is 5.91 Å². The van der Waals surface area contributed by atoms with Crippen LogP contribution in [0.5, 0.6) is 0 Å². The van der Waals surface area contributed by atoms with Crippen molar-refractivity contribution < 1.29 is 4.79 Å². The third-order valence-corrected chi connectivity index (χ3v) is 5.16. The molecular formula is C21H25ClN2O. The van der Waals surface area contributed by atoms with Gasteiger partial charge in [0.1, 0.15) is 0 Å². The molecule has 3 nitrogen and oxygen atoms in total. The Morgan fingerprint density at radius 1 is 1.04 bits per heavy atom. The lowest BCUT2D eigenvalue weighted by atomic mass is 9.95. The molecule has 1 aliphatic heterocycles. The molecule has 0 radical (unpaired) electrons. The zero-order chi connectivity index (χ0) is 17.6. The summed E-state index contributed by atoms with van der Waals surface area (Å²) in [5, 5.41) is 3.83.